The summed E-state index contributed by atoms with van der Waals surface area (Å²) in [6.07, 6.45) is 1.10. The molecule has 19 heavy (non-hydrogen) atoms. The van der Waals surface area contributed by atoms with Crippen molar-refractivity contribution in [3.8, 4) is 5.75 Å². The van der Waals surface area contributed by atoms with Gasteiger partial charge in [0.15, 0.2) is 0 Å². The Kier molecular flexibility index (Phi) is 4.14. The van der Waals surface area contributed by atoms with Crippen LogP contribution in [0.3, 0.4) is 0 Å². The Morgan fingerprint density at radius 3 is 2.74 bits per heavy atom. The molecule has 1 aliphatic rings. The number of benzene rings is 1. The summed E-state index contributed by atoms with van der Waals surface area (Å²) in [5, 5.41) is 0. The van der Waals surface area contributed by atoms with E-state index in [9.17, 15) is 4.39 Å². The van der Waals surface area contributed by atoms with Crippen molar-refractivity contribution < 1.29 is 13.9 Å². The van der Waals surface area contributed by atoms with E-state index in [4.69, 9.17) is 15.2 Å². The van der Waals surface area contributed by atoms with E-state index in [2.05, 4.69) is 6.92 Å². The molecule has 0 amide bonds. The van der Waals surface area contributed by atoms with Gasteiger partial charge in [-0.3, -0.25) is 0 Å². The van der Waals surface area contributed by atoms with Crippen LogP contribution in [0.1, 0.15) is 13.3 Å². The number of nitrogens with zero attached hydrogens (tertiary/aromatic N) is 1. The molecule has 0 bridgehead atoms. The van der Waals surface area contributed by atoms with Gasteiger partial charge in [-0.2, -0.15) is 0 Å². The lowest BCUT2D eigenvalue weighted by molar-refractivity contribution is 0.0497. The molecule has 1 aromatic carbocycles. The molecule has 1 aromatic rings. The lowest BCUT2D eigenvalue weighted by atomic mass is 9.95. The first kappa shape index (κ1) is 13.9. The van der Waals surface area contributed by atoms with Crippen molar-refractivity contribution in [3.05, 3.63) is 17.9 Å². The van der Waals surface area contributed by atoms with Gasteiger partial charge < -0.3 is 20.1 Å². The Labute approximate surface area is 113 Å². The van der Waals surface area contributed by atoms with Gasteiger partial charge >= 0.3 is 0 Å². The Hall–Kier alpha value is -1.49. The maximum Gasteiger partial charge on any atom is 0.148 e. The summed E-state index contributed by atoms with van der Waals surface area (Å²) in [5.41, 5.74) is 6.54. The number of methoxy groups -OCH3 is 2. The summed E-state index contributed by atoms with van der Waals surface area (Å²) in [7, 11) is 3.23. The zero-order chi connectivity index (χ0) is 14.0. The van der Waals surface area contributed by atoms with Gasteiger partial charge in [-0.05, 0) is 12.3 Å². The fourth-order valence-electron chi connectivity index (χ4n) is 2.54. The van der Waals surface area contributed by atoms with Gasteiger partial charge in [-0.25, -0.2) is 4.39 Å². The summed E-state index contributed by atoms with van der Waals surface area (Å²) in [5.74, 6) is 0.673. The molecule has 0 spiro atoms. The van der Waals surface area contributed by atoms with E-state index in [0.29, 0.717) is 29.6 Å². The summed E-state index contributed by atoms with van der Waals surface area (Å²) in [6, 6.07) is 2.97. The molecule has 1 heterocycles. The van der Waals surface area contributed by atoms with Gasteiger partial charge in [-0.15, -0.1) is 0 Å². The van der Waals surface area contributed by atoms with E-state index in [1.807, 2.05) is 4.90 Å². The van der Waals surface area contributed by atoms with E-state index in [0.717, 1.165) is 13.0 Å². The highest BCUT2D eigenvalue weighted by molar-refractivity contribution is 5.63. The van der Waals surface area contributed by atoms with Crippen LogP contribution < -0.4 is 15.4 Å². The second-order valence-corrected chi connectivity index (χ2v) is 5.03. The molecule has 0 saturated carbocycles. The predicted molar refractivity (Wildman–Crippen MR) is 74.2 cm³/mol. The summed E-state index contributed by atoms with van der Waals surface area (Å²) in [4.78, 5) is 1.99. The first-order valence-corrected chi connectivity index (χ1v) is 6.47. The minimum absolute atomic E-state index is 0.122. The van der Waals surface area contributed by atoms with E-state index in [1.165, 1.54) is 13.2 Å². The lowest BCUT2D eigenvalue weighted by Crippen LogP contribution is -2.44. The second-order valence-electron chi connectivity index (χ2n) is 5.03. The van der Waals surface area contributed by atoms with Gasteiger partial charge in [0.2, 0.25) is 0 Å². The third-order valence-corrected chi connectivity index (χ3v) is 3.83. The van der Waals surface area contributed by atoms with Crippen LogP contribution in [-0.4, -0.2) is 33.4 Å². The minimum Gasteiger partial charge on any atom is -0.495 e. The fourth-order valence-corrected chi connectivity index (χ4v) is 2.54. The molecule has 0 aromatic heterocycles. The number of halogens is 1. The van der Waals surface area contributed by atoms with E-state index in [-0.39, 0.29) is 11.9 Å². The van der Waals surface area contributed by atoms with Crippen molar-refractivity contribution >= 4 is 11.4 Å². The number of piperidine rings is 1. The van der Waals surface area contributed by atoms with Crippen molar-refractivity contribution in [1.29, 1.82) is 0 Å². The van der Waals surface area contributed by atoms with Gasteiger partial charge in [0.25, 0.3) is 0 Å². The van der Waals surface area contributed by atoms with Gasteiger partial charge in [0.1, 0.15) is 11.6 Å². The molecule has 4 nitrogen and oxygen atoms in total. The van der Waals surface area contributed by atoms with Gasteiger partial charge in [-0.1, -0.05) is 6.92 Å². The molecule has 1 aliphatic heterocycles. The topological polar surface area (TPSA) is 47.7 Å². The number of anilines is 2. The molecule has 2 N–H and O–H groups in total. The zero-order valence-corrected chi connectivity index (χ0v) is 11.6. The average molecular weight is 268 g/mol. The molecule has 5 heteroatoms. The largest absolute Gasteiger partial charge is 0.495 e. The third kappa shape index (κ3) is 2.76. The molecule has 106 valence electrons. The molecule has 1 fully saturated rings. The number of hydrogen-bond donors (Lipinski definition) is 1. The average Bonchev–Trinajstić information content (AvgIpc) is 2.40. The Bertz CT molecular complexity index is 453. The van der Waals surface area contributed by atoms with E-state index >= 15 is 0 Å². The summed E-state index contributed by atoms with van der Waals surface area (Å²) < 4.78 is 24.7. The number of ether oxygens (including phenoxy) is 2. The van der Waals surface area contributed by atoms with Crippen LogP contribution in [0.15, 0.2) is 12.1 Å². The Morgan fingerprint density at radius 1 is 1.37 bits per heavy atom. The number of hydrogen-bond acceptors (Lipinski definition) is 4. The minimum atomic E-state index is -0.317. The highest BCUT2D eigenvalue weighted by Crippen LogP contribution is 2.33. The second kappa shape index (κ2) is 5.65. The first-order chi connectivity index (χ1) is 9.06. The third-order valence-electron chi connectivity index (χ3n) is 3.83. The number of nitrogen functional groups attached to an aromatic ring is 1. The lowest BCUT2D eigenvalue weighted by Gasteiger charge is -2.37. The van der Waals surface area contributed by atoms with E-state index < -0.39 is 0 Å². The van der Waals surface area contributed by atoms with Crippen molar-refractivity contribution in [2.24, 2.45) is 5.92 Å². The quantitative estimate of drug-likeness (QED) is 0.854. The number of nitrogens with two attached hydrogens (primary N) is 1. The fraction of sp³-hybridized carbons (Fsp3) is 0.571. The molecular weight excluding hydrogens is 247 g/mol. The first-order valence-electron chi connectivity index (χ1n) is 6.47. The van der Waals surface area contributed by atoms with Crippen LogP contribution in [-0.2, 0) is 4.74 Å². The highest BCUT2D eigenvalue weighted by Gasteiger charge is 2.28. The van der Waals surface area contributed by atoms with Gasteiger partial charge in [0.05, 0.1) is 24.6 Å². The standard InChI is InChI=1S/C14H21FN2O2/c1-9-4-5-17(8-14(9)19-3)12-7-13(18-2)11(16)6-10(12)15/h6-7,9,14H,4-5,8,16H2,1-3H3. The van der Waals surface area contributed by atoms with Gasteiger partial charge in [0, 0.05) is 32.3 Å². The van der Waals surface area contributed by atoms with Crippen LogP contribution >= 0.6 is 0 Å². The van der Waals surface area contributed by atoms with Crippen molar-refractivity contribution in [3.63, 3.8) is 0 Å². The normalized spacial score (nSPS) is 23.5. The van der Waals surface area contributed by atoms with Crippen molar-refractivity contribution in [1.82, 2.24) is 0 Å². The Morgan fingerprint density at radius 2 is 2.11 bits per heavy atom. The summed E-state index contributed by atoms with van der Waals surface area (Å²) >= 11 is 0. The maximum absolute atomic E-state index is 14.1. The van der Waals surface area contributed by atoms with Crippen molar-refractivity contribution in [2.45, 2.75) is 19.4 Å². The smallest absolute Gasteiger partial charge is 0.148 e. The van der Waals surface area contributed by atoms with Crippen LogP contribution in [0.2, 0.25) is 0 Å². The molecule has 2 unspecified atom stereocenters. The molecular formula is C14H21FN2O2. The molecule has 2 atom stereocenters. The Balaban J connectivity index is 2.26. The van der Waals surface area contributed by atoms with Crippen LogP contribution in [0.5, 0.6) is 5.75 Å². The molecule has 1 saturated heterocycles. The molecule has 0 radical (unpaired) electrons. The maximum atomic E-state index is 14.1. The van der Waals surface area contributed by atoms with Crippen LogP contribution in [0.25, 0.3) is 0 Å². The van der Waals surface area contributed by atoms with E-state index in [1.54, 1.807) is 13.2 Å². The SMILES string of the molecule is COc1cc(N2CCC(C)C(OC)C2)c(F)cc1N. The van der Waals surface area contributed by atoms with Crippen LogP contribution in [0, 0.1) is 11.7 Å². The monoisotopic (exact) mass is 268 g/mol. The molecule has 2 rings (SSSR count). The zero-order valence-electron chi connectivity index (χ0n) is 11.6. The molecule has 0 aliphatic carbocycles. The number of rotatable bonds is 3. The van der Waals surface area contributed by atoms with Crippen molar-refractivity contribution in [2.75, 3.05) is 37.9 Å². The summed E-state index contributed by atoms with van der Waals surface area (Å²) in [6.45, 7) is 3.65. The highest BCUT2D eigenvalue weighted by atomic mass is 19.1. The van der Waals surface area contributed by atoms with Crippen LogP contribution in [0.4, 0.5) is 15.8 Å². The predicted octanol–water partition coefficient (Wildman–Crippen LogP) is 2.28.